The number of rotatable bonds is 4. The minimum atomic E-state index is -2.73. The van der Waals surface area contributed by atoms with Gasteiger partial charge < -0.3 is 15.5 Å². The fourth-order valence-corrected chi connectivity index (χ4v) is 4.65. The van der Waals surface area contributed by atoms with Crippen LogP contribution in [0.25, 0.3) is 5.52 Å². The summed E-state index contributed by atoms with van der Waals surface area (Å²) in [6.07, 6.45) is 1.32. The molecule has 0 radical (unpaired) electrons. The monoisotopic (exact) mass is 428 g/mol. The van der Waals surface area contributed by atoms with Gasteiger partial charge in [0.15, 0.2) is 5.15 Å². The van der Waals surface area contributed by atoms with Crippen molar-refractivity contribution in [3.05, 3.63) is 51.7 Å². The lowest BCUT2D eigenvalue weighted by Gasteiger charge is -2.34. The topological polar surface area (TPSA) is 68.5 Å². The third-order valence-electron chi connectivity index (χ3n) is 5.37. The number of nitrogens with two attached hydrogens (primary N) is 1. The zero-order valence-corrected chi connectivity index (χ0v) is 16.7. The van der Waals surface area contributed by atoms with E-state index in [9.17, 15) is 8.78 Å². The molecule has 0 amide bonds. The minimum absolute atomic E-state index is 0.203. The van der Waals surface area contributed by atoms with E-state index in [1.165, 1.54) is 0 Å². The van der Waals surface area contributed by atoms with Crippen molar-refractivity contribution in [2.75, 3.05) is 5.32 Å². The van der Waals surface area contributed by atoms with Gasteiger partial charge in [-0.2, -0.15) is 5.10 Å². The molecule has 3 aromatic rings. The van der Waals surface area contributed by atoms with E-state index >= 15 is 0 Å². The lowest BCUT2D eigenvalue weighted by molar-refractivity contribution is -0.0447. The SMILES string of the molecule is Cc1c([C@H]2CCC(F)(F)C[C@@H]2N)c(Cl)n2nc(Cl)cc(NCc3ccco3)c12. The molecule has 3 aromatic heterocycles. The zero-order valence-electron chi connectivity index (χ0n) is 15.2. The van der Waals surface area contributed by atoms with Crippen molar-refractivity contribution >= 4 is 34.4 Å². The van der Waals surface area contributed by atoms with Crippen LogP contribution in [0.5, 0.6) is 0 Å². The summed E-state index contributed by atoms with van der Waals surface area (Å²) in [6, 6.07) is 4.70. The van der Waals surface area contributed by atoms with Gasteiger partial charge in [-0.25, -0.2) is 13.3 Å². The van der Waals surface area contributed by atoms with E-state index in [-0.39, 0.29) is 30.3 Å². The predicted molar refractivity (Wildman–Crippen MR) is 105 cm³/mol. The Kier molecular flexibility index (Phi) is 5.02. The molecule has 1 fully saturated rings. The van der Waals surface area contributed by atoms with Crippen LogP contribution in [0.3, 0.4) is 0 Å². The molecule has 3 N–H and O–H groups in total. The molecule has 0 saturated heterocycles. The molecule has 0 aliphatic heterocycles. The van der Waals surface area contributed by atoms with Gasteiger partial charge in [0.1, 0.15) is 10.9 Å². The fourth-order valence-electron chi connectivity index (χ4n) is 4.06. The van der Waals surface area contributed by atoms with Crippen LogP contribution < -0.4 is 11.1 Å². The molecule has 4 rings (SSSR count). The Hall–Kier alpha value is -1.83. The molecule has 0 bridgehead atoms. The minimum Gasteiger partial charge on any atom is -0.467 e. The van der Waals surface area contributed by atoms with Crippen LogP contribution in [0.15, 0.2) is 28.9 Å². The first-order valence-electron chi connectivity index (χ1n) is 9.04. The Balaban J connectivity index is 1.76. The molecule has 1 aliphatic carbocycles. The van der Waals surface area contributed by atoms with Gasteiger partial charge in [-0.1, -0.05) is 23.2 Å². The second-order valence-corrected chi connectivity index (χ2v) is 8.02. The predicted octanol–water partition coefficient (Wildman–Crippen LogP) is 5.38. The van der Waals surface area contributed by atoms with Gasteiger partial charge in [0, 0.05) is 30.9 Å². The second-order valence-electron chi connectivity index (χ2n) is 7.27. The van der Waals surface area contributed by atoms with Crippen LogP contribution in [0.4, 0.5) is 14.5 Å². The van der Waals surface area contributed by atoms with Gasteiger partial charge in [0.25, 0.3) is 0 Å². The number of furan rings is 1. The number of fused-ring (bicyclic) bond motifs is 1. The average Bonchev–Trinajstić information content (AvgIpc) is 3.21. The second kappa shape index (κ2) is 7.21. The average molecular weight is 429 g/mol. The molecule has 1 saturated carbocycles. The van der Waals surface area contributed by atoms with Crippen molar-refractivity contribution < 1.29 is 13.2 Å². The van der Waals surface area contributed by atoms with Gasteiger partial charge in [0.2, 0.25) is 5.92 Å². The Morgan fingerprint density at radius 3 is 2.89 bits per heavy atom. The summed E-state index contributed by atoms with van der Waals surface area (Å²) in [4.78, 5) is 0. The number of halogens is 4. The highest BCUT2D eigenvalue weighted by molar-refractivity contribution is 6.32. The molecule has 5 nitrogen and oxygen atoms in total. The number of hydrogen-bond donors (Lipinski definition) is 2. The smallest absolute Gasteiger partial charge is 0.249 e. The fraction of sp³-hybridized carbons (Fsp3) is 0.421. The summed E-state index contributed by atoms with van der Waals surface area (Å²) in [5.41, 5.74) is 9.23. The number of anilines is 1. The number of nitrogens with one attached hydrogen (secondary N) is 1. The lowest BCUT2D eigenvalue weighted by Crippen LogP contribution is -2.40. The molecule has 0 spiro atoms. The van der Waals surface area contributed by atoms with E-state index in [1.807, 2.05) is 19.1 Å². The van der Waals surface area contributed by atoms with Crippen LogP contribution in [0.1, 0.15) is 42.1 Å². The van der Waals surface area contributed by atoms with Crippen LogP contribution in [0, 0.1) is 6.92 Å². The Labute approximate surface area is 170 Å². The Morgan fingerprint density at radius 2 is 2.21 bits per heavy atom. The van der Waals surface area contributed by atoms with E-state index in [0.717, 1.165) is 28.1 Å². The first kappa shape index (κ1) is 19.5. The van der Waals surface area contributed by atoms with Crippen molar-refractivity contribution in [3.8, 4) is 0 Å². The molecular formula is C19H20Cl2F2N4O. The number of aromatic nitrogens is 2. The van der Waals surface area contributed by atoms with E-state index in [2.05, 4.69) is 10.4 Å². The van der Waals surface area contributed by atoms with Crippen molar-refractivity contribution in [1.82, 2.24) is 9.61 Å². The van der Waals surface area contributed by atoms with E-state index < -0.39 is 12.0 Å². The van der Waals surface area contributed by atoms with Gasteiger partial charge in [-0.05, 0) is 36.6 Å². The van der Waals surface area contributed by atoms with Gasteiger partial charge in [-0.15, -0.1) is 0 Å². The third kappa shape index (κ3) is 3.47. The molecule has 9 heteroatoms. The quantitative estimate of drug-likeness (QED) is 0.584. The highest BCUT2D eigenvalue weighted by Crippen LogP contribution is 2.45. The van der Waals surface area contributed by atoms with E-state index in [1.54, 1.807) is 16.8 Å². The van der Waals surface area contributed by atoms with Gasteiger partial charge >= 0.3 is 0 Å². The molecule has 0 aromatic carbocycles. The standard InChI is InChI=1S/C19H20Cl2F2N4O/c1-10-16(12-4-5-19(22,23)8-13(12)24)18(21)27-17(10)14(7-15(20)26-27)25-9-11-3-2-6-28-11/h2-3,6-7,12-13,25H,4-5,8-9,24H2,1H3/t12-,13-/m0/s1. The molecule has 1 aliphatic rings. The number of alkyl halides is 2. The molecule has 28 heavy (non-hydrogen) atoms. The van der Waals surface area contributed by atoms with Crippen LogP contribution >= 0.6 is 23.2 Å². The van der Waals surface area contributed by atoms with Crippen LogP contribution in [0.2, 0.25) is 10.3 Å². The highest BCUT2D eigenvalue weighted by Gasteiger charge is 2.42. The van der Waals surface area contributed by atoms with Gasteiger partial charge in [0.05, 0.1) is 24.0 Å². The number of aryl methyl sites for hydroxylation is 1. The summed E-state index contributed by atoms with van der Waals surface area (Å²) in [6.45, 7) is 2.36. The normalized spacial score (nSPS) is 21.9. The Bertz CT molecular complexity index is 1000. The van der Waals surface area contributed by atoms with Crippen molar-refractivity contribution in [2.45, 2.75) is 50.6 Å². The lowest BCUT2D eigenvalue weighted by atomic mass is 9.78. The number of hydrogen-bond acceptors (Lipinski definition) is 4. The molecule has 150 valence electrons. The summed E-state index contributed by atoms with van der Waals surface area (Å²) in [5.74, 6) is -2.23. The summed E-state index contributed by atoms with van der Waals surface area (Å²) < 4.78 is 34.4. The highest BCUT2D eigenvalue weighted by atomic mass is 35.5. The van der Waals surface area contributed by atoms with Crippen molar-refractivity contribution in [2.24, 2.45) is 5.73 Å². The Morgan fingerprint density at radius 1 is 1.43 bits per heavy atom. The van der Waals surface area contributed by atoms with Gasteiger partial charge in [-0.3, -0.25) is 0 Å². The molecule has 3 heterocycles. The van der Waals surface area contributed by atoms with E-state index in [0.29, 0.717) is 11.7 Å². The molecular weight excluding hydrogens is 409 g/mol. The maximum absolute atomic E-state index is 13.7. The third-order valence-corrected chi connectivity index (χ3v) is 5.92. The first-order valence-corrected chi connectivity index (χ1v) is 9.79. The van der Waals surface area contributed by atoms with Crippen LogP contribution in [-0.4, -0.2) is 21.6 Å². The van der Waals surface area contributed by atoms with E-state index in [4.69, 9.17) is 33.4 Å². The largest absolute Gasteiger partial charge is 0.467 e. The van der Waals surface area contributed by atoms with Crippen LogP contribution in [-0.2, 0) is 6.54 Å². The first-order chi connectivity index (χ1) is 13.3. The summed E-state index contributed by atoms with van der Waals surface area (Å²) in [7, 11) is 0. The summed E-state index contributed by atoms with van der Waals surface area (Å²) >= 11 is 12.8. The zero-order chi connectivity index (χ0) is 20.1. The molecule has 0 unspecified atom stereocenters. The van der Waals surface area contributed by atoms with Crippen molar-refractivity contribution in [3.63, 3.8) is 0 Å². The van der Waals surface area contributed by atoms with Crippen molar-refractivity contribution in [1.29, 1.82) is 0 Å². The molecule has 2 atom stereocenters. The number of nitrogens with zero attached hydrogens (tertiary/aromatic N) is 2. The summed E-state index contributed by atoms with van der Waals surface area (Å²) in [5, 5.41) is 8.22. The maximum atomic E-state index is 13.7. The maximum Gasteiger partial charge on any atom is 0.249 e.